The predicted molar refractivity (Wildman–Crippen MR) is 227 cm³/mol. The Balaban J connectivity index is 0.000000251. The zero-order valence-electron chi connectivity index (χ0n) is 35.5. The fourth-order valence-electron chi connectivity index (χ4n) is 6.54. The Hall–Kier alpha value is -6.59. The summed E-state index contributed by atoms with van der Waals surface area (Å²) in [5.74, 6) is 0.248. The second-order valence-electron chi connectivity index (χ2n) is 14.5. The largest absolute Gasteiger partial charge is 1.00 e. The van der Waals surface area contributed by atoms with Crippen LogP contribution in [0.3, 0.4) is 0 Å². The molecule has 8 atom stereocenters. The van der Waals surface area contributed by atoms with Crippen LogP contribution in [0.2, 0.25) is 0 Å². The summed E-state index contributed by atoms with van der Waals surface area (Å²) in [6.45, 7) is 3.77. The lowest BCUT2D eigenvalue weighted by atomic mass is 10.1. The highest BCUT2D eigenvalue weighted by molar-refractivity contribution is 5.98. The van der Waals surface area contributed by atoms with Crippen molar-refractivity contribution in [3.05, 3.63) is 139 Å². The highest BCUT2D eigenvalue weighted by Gasteiger charge is 2.39. The number of aromatic nitrogens is 1. The van der Waals surface area contributed by atoms with Crippen molar-refractivity contribution < 1.29 is 80.3 Å². The molecule has 0 spiro atoms. The van der Waals surface area contributed by atoms with E-state index in [1.54, 1.807) is 38.1 Å². The summed E-state index contributed by atoms with van der Waals surface area (Å²) < 4.78 is 52.4. The molecule has 16 nitrogen and oxygen atoms in total. The number of esters is 2. The van der Waals surface area contributed by atoms with Crippen molar-refractivity contribution in [3.8, 4) is 34.5 Å². The van der Waals surface area contributed by atoms with E-state index < -0.39 is 72.3 Å². The van der Waals surface area contributed by atoms with Gasteiger partial charge in [-0.15, -0.1) is 0 Å². The van der Waals surface area contributed by atoms with E-state index in [1.165, 1.54) is 19.4 Å². The van der Waals surface area contributed by atoms with Gasteiger partial charge in [-0.3, -0.25) is 4.79 Å². The first kappa shape index (κ1) is 48.4. The highest BCUT2D eigenvalue weighted by atomic mass is 35.5. The van der Waals surface area contributed by atoms with Crippen molar-refractivity contribution in [2.45, 2.75) is 62.6 Å². The second-order valence-corrected chi connectivity index (χ2v) is 14.5. The lowest BCUT2D eigenvalue weighted by molar-refractivity contribution is -0.415. The summed E-state index contributed by atoms with van der Waals surface area (Å²) in [7, 11) is 1.35. The number of nitrogens with zero attached hydrogens (tertiary/aromatic N) is 1. The van der Waals surface area contributed by atoms with E-state index in [0.29, 0.717) is 23.0 Å². The van der Waals surface area contributed by atoms with E-state index >= 15 is 0 Å². The Kier molecular flexibility index (Phi) is 18.4. The molecule has 340 valence electrons. The van der Waals surface area contributed by atoms with E-state index in [-0.39, 0.29) is 50.3 Å². The number of carbonyl (C=O) groups excluding carboxylic acids is 3. The van der Waals surface area contributed by atoms with Gasteiger partial charge >= 0.3 is 11.9 Å². The van der Waals surface area contributed by atoms with Gasteiger partial charge in [0.15, 0.2) is 47.7 Å². The van der Waals surface area contributed by atoms with Crippen LogP contribution in [-0.2, 0) is 28.5 Å². The Morgan fingerprint density at radius 3 is 1.52 bits per heavy atom. The smallest absolute Gasteiger partial charge is 0.367 e. The lowest BCUT2D eigenvalue weighted by Crippen LogP contribution is -3.00. The van der Waals surface area contributed by atoms with E-state index in [2.05, 4.69) is 16.0 Å². The van der Waals surface area contributed by atoms with Gasteiger partial charge in [0.1, 0.15) is 41.8 Å². The maximum Gasteiger partial charge on any atom is 0.367 e. The minimum atomic E-state index is -1.17. The molecule has 2 saturated heterocycles. The maximum absolute atomic E-state index is 13.0. The molecule has 2 aliphatic rings. The quantitative estimate of drug-likeness (QED) is 0.160. The van der Waals surface area contributed by atoms with Crippen LogP contribution in [0.4, 0.5) is 0 Å². The molecule has 0 unspecified atom stereocenters. The van der Waals surface area contributed by atoms with Crippen molar-refractivity contribution in [2.75, 3.05) is 33.5 Å². The van der Waals surface area contributed by atoms with Crippen LogP contribution in [-0.4, -0.2) is 110 Å². The number of para-hydroxylation sites is 4. The number of pyridine rings is 1. The number of carbonyl (C=O) groups is 3. The standard InChI is InChI=1S/C27H28N2O8.C20H23NO5.ClH/c1-17-25(37-19-11-7-4-8-12-19)22(36-18-9-5-3-6-10-18)16-34-15-20(27(32)35-17)29-26(31)23-24(30)21(33-2)13-14-28-23;1-14-19(26-16-10-6-3-7-11-16)18(25-15-8-4-2-5-9-15)13-23-12-17(21)20(22)24-14;/h3-14,17,20,22,25,30H,15-16H2,1-2H3,(H,29,31);2-11,14,17-19H,12-13,21H2,1H3;1H/t17-,20-,22-,25-;14-,17-,18-,19-;/m00./s1. The first-order valence-corrected chi connectivity index (χ1v) is 20.4. The number of rotatable bonds is 11. The number of amides is 1. The number of aromatic hydroxyl groups is 1. The van der Waals surface area contributed by atoms with Gasteiger partial charge in [0.25, 0.3) is 5.91 Å². The predicted octanol–water partition coefficient (Wildman–Crippen LogP) is 1.21. The summed E-state index contributed by atoms with van der Waals surface area (Å²) in [5.41, 5.74) is 3.50. The third-order valence-corrected chi connectivity index (χ3v) is 9.77. The maximum atomic E-state index is 13.0. The minimum Gasteiger partial charge on any atom is -1.00 e. The average molecular weight is 902 g/mol. The van der Waals surface area contributed by atoms with E-state index in [9.17, 15) is 19.5 Å². The zero-order chi connectivity index (χ0) is 44.6. The van der Waals surface area contributed by atoms with Crippen LogP contribution in [0.1, 0.15) is 24.3 Å². The SMILES string of the molecule is COc1ccnc(C(=O)N[C@H]2COC[C@H](Oc3ccccc3)[C@@H](Oc3ccccc3)[C@H](C)OC2=O)c1O.C[C@@H]1OC(=O)[C@@H]([NH3+])COC[C@H](Oc2ccccc2)[C@H]1Oc1ccccc1.[Cl-]. The van der Waals surface area contributed by atoms with Crippen molar-refractivity contribution >= 4 is 17.8 Å². The molecule has 2 fully saturated rings. The van der Waals surface area contributed by atoms with E-state index in [0.717, 1.165) is 0 Å². The molecule has 64 heavy (non-hydrogen) atoms. The van der Waals surface area contributed by atoms with Gasteiger partial charge in [0.05, 0.1) is 26.9 Å². The summed E-state index contributed by atoms with van der Waals surface area (Å²) in [6, 6.07) is 36.8. The second kappa shape index (κ2) is 24.3. The van der Waals surface area contributed by atoms with Crippen LogP contribution < -0.4 is 47.1 Å². The third kappa shape index (κ3) is 13.7. The number of ether oxygens (including phenoxy) is 9. The molecule has 2 aliphatic heterocycles. The molecule has 1 amide bonds. The summed E-state index contributed by atoms with van der Waals surface area (Å²) in [4.78, 5) is 41.9. The fourth-order valence-corrected chi connectivity index (χ4v) is 6.54. The number of methoxy groups -OCH3 is 1. The van der Waals surface area contributed by atoms with Gasteiger partial charge < -0.3 is 71.2 Å². The molecule has 17 heteroatoms. The Bertz CT molecular complexity index is 2190. The van der Waals surface area contributed by atoms with Gasteiger partial charge in [-0.2, -0.15) is 0 Å². The fraction of sp³-hybridized carbons (Fsp3) is 0.319. The van der Waals surface area contributed by atoms with Crippen molar-refractivity contribution in [1.82, 2.24) is 10.3 Å². The highest BCUT2D eigenvalue weighted by Crippen LogP contribution is 2.28. The zero-order valence-corrected chi connectivity index (χ0v) is 36.3. The minimum absolute atomic E-state index is 0. The number of quaternary nitrogens is 1. The molecular weight excluding hydrogens is 850 g/mol. The number of cyclic esters (lactones) is 2. The summed E-state index contributed by atoms with van der Waals surface area (Å²) in [6.07, 6.45) is -2.36. The molecule has 5 aromatic rings. The van der Waals surface area contributed by atoms with Crippen LogP contribution in [0.25, 0.3) is 0 Å². The van der Waals surface area contributed by atoms with Gasteiger partial charge in [0, 0.05) is 12.3 Å². The van der Waals surface area contributed by atoms with E-state index in [4.69, 9.17) is 42.6 Å². The Morgan fingerprint density at radius 1 is 0.641 bits per heavy atom. The Labute approximate surface area is 377 Å². The molecule has 5 N–H and O–H groups in total. The number of hydrogen-bond donors (Lipinski definition) is 3. The molecule has 1 aromatic heterocycles. The molecular formula is C47H52ClN3O13. The van der Waals surface area contributed by atoms with Crippen LogP contribution in [0.5, 0.6) is 34.5 Å². The molecule has 0 radical (unpaired) electrons. The number of hydrogen-bond acceptors (Lipinski definition) is 14. The van der Waals surface area contributed by atoms with Gasteiger partial charge in [-0.1, -0.05) is 72.8 Å². The monoisotopic (exact) mass is 901 g/mol. The molecule has 7 rings (SSSR count). The lowest BCUT2D eigenvalue weighted by Gasteiger charge is -2.31. The van der Waals surface area contributed by atoms with Crippen molar-refractivity contribution in [3.63, 3.8) is 0 Å². The normalized spacial score (nSPS) is 23.6. The van der Waals surface area contributed by atoms with Gasteiger partial charge in [-0.25, -0.2) is 14.6 Å². The molecule has 0 aliphatic carbocycles. The van der Waals surface area contributed by atoms with Crippen molar-refractivity contribution in [1.29, 1.82) is 0 Å². The topological polar surface area (TPSA) is 207 Å². The molecule has 0 saturated carbocycles. The van der Waals surface area contributed by atoms with Crippen LogP contribution in [0.15, 0.2) is 134 Å². The third-order valence-electron chi connectivity index (χ3n) is 9.77. The number of nitrogens with one attached hydrogen (secondary N) is 1. The summed E-state index contributed by atoms with van der Waals surface area (Å²) >= 11 is 0. The molecule has 4 aromatic carbocycles. The molecule has 3 heterocycles. The van der Waals surface area contributed by atoms with E-state index in [1.807, 2.05) is 97.1 Å². The number of halogens is 1. The molecule has 0 bridgehead atoms. The number of benzene rings is 4. The van der Waals surface area contributed by atoms with Gasteiger partial charge in [-0.05, 0) is 62.4 Å². The average Bonchev–Trinajstić information content (AvgIpc) is 3.37. The first-order chi connectivity index (χ1) is 30.6. The first-order valence-electron chi connectivity index (χ1n) is 20.4. The van der Waals surface area contributed by atoms with Crippen LogP contribution in [0, 0.1) is 0 Å². The summed E-state index contributed by atoms with van der Waals surface area (Å²) in [5, 5.41) is 12.8. The van der Waals surface area contributed by atoms with Crippen LogP contribution >= 0.6 is 0 Å². The van der Waals surface area contributed by atoms with Gasteiger partial charge in [0.2, 0.25) is 6.04 Å². The van der Waals surface area contributed by atoms with Crippen molar-refractivity contribution in [2.24, 2.45) is 0 Å². The Morgan fingerprint density at radius 2 is 1.06 bits per heavy atom.